The molecule has 0 radical (unpaired) electrons. The maximum atomic E-state index is 3.79. The summed E-state index contributed by atoms with van der Waals surface area (Å²) in [6, 6.07) is 7.11. The molecule has 0 heterocycles. The molecule has 0 fully saturated rings. The Labute approximate surface area is 100 Å². The summed E-state index contributed by atoms with van der Waals surface area (Å²) in [4.78, 5) is 0. The zero-order chi connectivity index (χ0) is 11.8. The molecule has 1 aromatic rings. The topological polar surface area (TPSA) is 0 Å². The molecule has 0 bridgehead atoms. The van der Waals surface area contributed by atoms with Gasteiger partial charge in [0.05, 0.1) is 0 Å². The fraction of sp³-hybridized carbons (Fsp3) is 0.500. The molecule has 0 nitrogen and oxygen atoms in total. The van der Waals surface area contributed by atoms with Crippen molar-refractivity contribution in [3.05, 3.63) is 47.5 Å². The first-order valence-corrected chi connectivity index (χ1v) is 6.52. The molecule has 0 aliphatic rings. The van der Waals surface area contributed by atoms with Crippen LogP contribution in [0.1, 0.15) is 49.8 Å². The number of hydrogen-bond acceptors (Lipinski definition) is 0. The van der Waals surface area contributed by atoms with Crippen molar-refractivity contribution >= 4 is 0 Å². The number of aryl methyl sites for hydroxylation is 3. The van der Waals surface area contributed by atoms with E-state index in [-0.39, 0.29) is 0 Å². The van der Waals surface area contributed by atoms with Crippen LogP contribution in [0, 0.1) is 0 Å². The van der Waals surface area contributed by atoms with E-state index in [0.29, 0.717) is 0 Å². The molecule has 1 aromatic carbocycles. The smallest absolute Gasteiger partial charge is 0.0244 e. The summed E-state index contributed by atoms with van der Waals surface area (Å²) < 4.78 is 0. The maximum Gasteiger partial charge on any atom is -0.0244 e. The standard InChI is InChI=1S/C16H24/c1-4-7-10-16-12-14(8-5-2)11-15(13-16)9-6-3/h4,11-13H,1,5-10H2,2-3H3. The van der Waals surface area contributed by atoms with Crippen molar-refractivity contribution in [1.29, 1.82) is 0 Å². The van der Waals surface area contributed by atoms with E-state index >= 15 is 0 Å². The van der Waals surface area contributed by atoms with Crippen molar-refractivity contribution in [2.45, 2.75) is 52.4 Å². The molecule has 88 valence electrons. The highest BCUT2D eigenvalue weighted by molar-refractivity contribution is 5.30. The lowest BCUT2D eigenvalue weighted by molar-refractivity contribution is 0.883. The second-order valence-corrected chi connectivity index (χ2v) is 4.49. The summed E-state index contributed by atoms with van der Waals surface area (Å²) >= 11 is 0. The quantitative estimate of drug-likeness (QED) is 0.579. The average molecular weight is 216 g/mol. The monoisotopic (exact) mass is 216 g/mol. The molecule has 16 heavy (non-hydrogen) atoms. The van der Waals surface area contributed by atoms with Crippen molar-refractivity contribution in [1.82, 2.24) is 0 Å². The van der Waals surface area contributed by atoms with Gasteiger partial charge in [-0.25, -0.2) is 0 Å². The summed E-state index contributed by atoms with van der Waals surface area (Å²) in [6.45, 7) is 8.29. The molecule has 0 amide bonds. The summed E-state index contributed by atoms with van der Waals surface area (Å²) in [5.41, 5.74) is 4.49. The minimum Gasteiger partial charge on any atom is -0.103 e. The molecule has 0 saturated carbocycles. The average Bonchev–Trinajstić information content (AvgIpc) is 2.27. The van der Waals surface area contributed by atoms with E-state index < -0.39 is 0 Å². The predicted molar refractivity (Wildman–Crippen MR) is 73.0 cm³/mol. The van der Waals surface area contributed by atoms with Gasteiger partial charge in [0.15, 0.2) is 0 Å². The van der Waals surface area contributed by atoms with Crippen LogP contribution in [0.4, 0.5) is 0 Å². The first-order valence-electron chi connectivity index (χ1n) is 6.52. The van der Waals surface area contributed by atoms with Gasteiger partial charge in [-0.1, -0.05) is 51.0 Å². The zero-order valence-corrected chi connectivity index (χ0v) is 10.8. The Balaban J connectivity index is 2.84. The molecule has 0 saturated heterocycles. The van der Waals surface area contributed by atoms with Gasteiger partial charge >= 0.3 is 0 Å². The zero-order valence-electron chi connectivity index (χ0n) is 10.8. The van der Waals surface area contributed by atoms with Crippen LogP contribution in [-0.2, 0) is 19.3 Å². The number of hydrogen-bond donors (Lipinski definition) is 0. The fourth-order valence-corrected chi connectivity index (χ4v) is 2.12. The van der Waals surface area contributed by atoms with Gasteiger partial charge in [-0.15, -0.1) is 6.58 Å². The molecule has 0 aliphatic heterocycles. The lowest BCUT2D eigenvalue weighted by Gasteiger charge is -2.08. The fourth-order valence-electron chi connectivity index (χ4n) is 2.12. The number of benzene rings is 1. The Morgan fingerprint density at radius 1 is 0.875 bits per heavy atom. The van der Waals surface area contributed by atoms with Crippen LogP contribution in [0.15, 0.2) is 30.9 Å². The van der Waals surface area contributed by atoms with Crippen molar-refractivity contribution in [2.75, 3.05) is 0 Å². The van der Waals surface area contributed by atoms with Crippen molar-refractivity contribution < 1.29 is 0 Å². The molecular weight excluding hydrogens is 192 g/mol. The van der Waals surface area contributed by atoms with Crippen molar-refractivity contribution in [3.63, 3.8) is 0 Å². The lowest BCUT2D eigenvalue weighted by Crippen LogP contribution is -1.93. The van der Waals surface area contributed by atoms with Gasteiger partial charge in [0.1, 0.15) is 0 Å². The van der Waals surface area contributed by atoms with Crippen molar-refractivity contribution in [3.8, 4) is 0 Å². The van der Waals surface area contributed by atoms with Gasteiger partial charge in [-0.2, -0.15) is 0 Å². The maximum absolute atomic E-state index is 3.79. The van der Waals surface area contributed by atoms with Crippen LogP contribution < -0.4 is 0 Å². The van der Waals surface area contributed by atoms with E-state index in [1.807, 2.05) is 6.08 Å². The molecule has 1 rings (SSSR count). The molecule has 0 unspecified atom stereocenters. The predicted octanol–water partition coefficient (Wildman–Crippen LogP) is 4.71. The molecule has 0 aromatic heterocycles. The molecule has 0 N–H and O–H groups in total. The summed E-state index contributed by atoms with van der Waals surface area (Å²) in [6.07, 6.45) is 9.11. The van der Waals surface area contributed by atoms with Gasteiger partial charge in [-0.3, -0.25) is 0 Å². The third-order valence-electron chi connectivity index (χ3n) is 2.83. The van der Waals surface area contributed by atoms with Crippen LogP contribution in [0.2, 0.25) is 0 Å². The van der Waals surface area contributed by atoms with E-state index in [1.165, 1.54) is 42.4 Å². The highest BCUT2D eigenvalue weighted by Crippen LogP contribution is 2.15. The molecule has 0 atom stereocenters. The minimum absolute atomic E-state index is 1.08. The molecule has 0 heteroatoms. The van der Waals surface area contributed by atoms with Gasteiger partial charge < -0.3 is 0 Å². The Hall–Kier alpha value is -1.04. The van der Waals surface area contributed by atoms with E-state index in [9.17, 15) is 0 Å². The van der Waals surface area contributed by atoms with Gasteiger partial charge in [0, 0.05) is 0 Å². The van der Waals surface area contributed by atoms with E-state index in [2.05, 4.69) is 38.6 Å². The Morgan fingerprint density at radius 2 is 1.31 bits per heavy atom. The highest BCUT2D eigenvalue weighted by Gasteiger charge is 2.00. The number of rotatable bonds is 7. The third kappa shape index (κ3) is 4.22. The SMILES string of the molecule is C=CCCc1cc(CCC)cc(CCC)c1. The minimum atomic E-state index is 1.08. The number of allylic oxidation sites excluding steroid dienone is 1. The van der Waals surface area contributed by atoms with Crippen LogP contribution in [-0.4, -0.2) is 0 Å². The molecule has 0 aliphatic carbocycles. The normalized spacial score (nSPS) is 10.4. The van der Waals surface area contributed by atoms with Crippen molar-refractivity contribution in [2.24, 2.45) is 0 Å². The molecular formula is C16H24. The van der Waals surface area contributed by atoms with E-state index in [0.717, 1.165) is 12.8 Å². The first-order chi connectivity index (χ1) is 7.80. The van der Waals surface area contributed by atoms with Gasteiger partial charge in [0.25, 0.3) is 0 Å². The largest absolute Gasteiger partial charge is 0.103 e. The molecule has 0 spiro atoms. The third-order valence-corrected chi connectivity index (χ3v) is 2.83. The van der Waals surface area contributed by atoms with E-state index in [4.69, 9.17) is 0 Å². The van der Waals surface area contributed by atoms with Crippen LogP contribution in [0.5, 0.6) is 0 Å². The van der Waals surface area contributed by atoms with Crippen LogP contribution in [0.25, 0.3) is 0 Å². The summed E-state index contributed by atoms with van der Waals surface area (Å²) in [5, 5.41) is 0. The van der Waals surface area contributed by atoms with Crippen LogP contribution >= 0.6 is 0 Å². The lowest BCUT2D eigenvalue weighted by atomic mass is 9.98. The first kappa shape index (κ1) is 13.0. The second kappa shape index (κ2) is 7.27. The second-order valence-electron chi connectivity index (χ2n) is 4.49. The Kier molecular flexibility index (Phi) is 5.92. The summed E-state index contributed by atoms with van der Waals surface area (Å²) in [5.74, 6) is 0. The highest BCUT2D eigenvalue weighted by atomic mass is 14.1. The van der Waals surface area contributed by atoms with Crippen LogP contribution in [0.3, 0.4) is 0 Å². The van der Waals surface area contributed by atoms with Gasteiger partial charge in [0.2, 0.25) is 0 Å². The Morgan fingerprint density at radius 3 is 1.69 bits per heavy atom. The van der Waals surface area contributed by atoms with Gasteiger partial charge in [-0.05, 0) is 42.4 Å². The Bertz CT molecular complexity index is 299. The van der Waals surface area contributed by atoms with E-state index in [1.54, 1.807) is 0 Å². The summed E-state index contributed by atoms with van der Waals surface area (Å²) in [7, 11) is 0.